The largest absolute Gasteiger partial charge is 0.352 e. The van der Waals surface area contributed by atoms with Gasteiger partial charge in [0.2, 0.25) is 0 Å². The Balaban J connectivity index is 1.05. The number of amides is 1. The second kappa shape index (κ2) is 10.3. The monoisotopic (exact) mass is 475 g/mol. The van der Waals surface area contributed by atoms with Crippen LogP contribution in [0.1, 0.15) is 37.9 Å². The van der Waals surface area contributed by atoms with Gasteiger partial charge in [0.05, 0.1) is 21.8 Å². The zero-order valence-corrected chi connectivity index (χ0v) is 20.8. The third kappa shape index (κ3) is 5.06. The fourth-order valence-corrected chi connectivity index (χ4v) is 5.95. The summed E-state index contributed by atoms with van der Waals surface area (Å²) in [5.74, 6) is 0.00553. The second-order valence-electron chi connectivity index (χ2n) is 9.42. The average Bonchev–Trinajstić information content (AvgIpc) is 3.27. The normalized spacial score (nSPS) is 20.9. The lowest BCUT2D eigenvalue weighted by molar-refractivity contribution is -0.116. The molecule has 1 amide bonds. The number of pyridine rings is 1. The van der Waals surface area contributed by atoms with E-state index in [1.807, 2.05) is 30.5 Å². The lowest BCUT2D eigenvalue weighted by Crippen LogP contribution is -2.56. The molecule has 0 aliphatic carbocycles. The first-order valence-corrected chi connectivity index (χ1v) is 13.1. The highest BCUT2D eigenvalue weighted by atomic mass is 32.2. The summed E-state index contributed by atoms with van der Waals surface area (Å²) in [6.07, 6.45) is 5.84. The number of imidazole rings is 1. The highest BCUT2D eigenvalue weighted by molar-refractivity contribution is 8.04. The number of nitrogens with one attached hydrogen (secondary N) is 1. The predicted octanol–water partition coefficient (Wildman–Crippen LogP) is 4.27. The van der Waals surface area contributed by atoms with Crippen molar-refractivity contribution in [3.8, 4) is 0 Å². The van der Waals surface area contributed by atoms with Crippen molar-refractivity contribution in [2.75, 3.05) is 26.2 Å². The zero-order valence-electron chi connectivity index (χ0n) is 20.0. The van der Waals surface area contributed by atoms with Crippen LogP contribution in [0.5, 0.6) is 0 Å². The number of aromatic nitrogens is 2. The summed E-state index contributed by atoms with van der Waals surface area (Å²) in [7, 11) is 0. The molecule has 1 fully saturated rings. The number of rotatable bonds is 8. The second-order valence-corrected chi connectivity index (χ2v) is 10.5. The van der Waals surface area contributed by atoms with Crippen molar-refractivity contribution in [2.45, 2.75) is 50.3 Å². The molecule has 2 aromatic heterocycles. The maximum Gasteiger partial charge on any atom is 0.258 e. The van der Waals surface area contributed by atoms with Gasteiger partial charge in [0.25, 0.3) is 5.91 Å². The van der Waals surface area contributed by atoms with Gasteiger partial charge in [-0.25, -0.2) is 4.98 Å². The molecule has 2 unspecified atom stereocenters. The van der Waals surface area contributed by atoms with Crippen molar-refractivity contribution in [1.29, 1.82) is 0 Å². The van der Waals surface area contributed by atoms with E-state index in [1.54, 1.807) is 0 Å². The minimum atomic E-state index is 0.00553. The molecule has 34 heavy (non-hydrogen) atoms. The molecule has 6 nitrogen and oxygen atoms in total. The number of hydrogen-bond acceptors (Lipinski definition) is 5. The molecule has 0 saturated carbocycles. The Bertz CT molecular complexity index is 1170. The van der Waals surface area contributed by atoms with Crippen LogP contribution in [0.25, 0.3) is 11.7 Å². The van der Waals surface area contributed by atoms with Gasteiger partial charge in [-0.15, -0.1) is 0 Å². The summed E-state index contributed by atoms with van der Waals surface area (Å²) in [4.78, 5) is 23.1. The Labute approximate surface area is 206 Å². The fraction of sp³-hybridized carbons (Fsp3) is 0.407. The fourth-order valence-electron chi connectivity index (χ4n) is 4.95. The first-order valence-electron chi connectivity index (χ1n) is 12.2. The molecule has 2 aliphatic rings. The summed E-state index contributed by atoms with van der Waals surface area (Å²) >= 11 is 1.51. The van der Waals surface area contributed by atoms with Crippen molar-refractivity contribution >= 4 is 29.4 Å². The summed E-state index contributed by atoms with van der Waals surface area (Å²) < 4.78 is 2.09. The summed E-state index contributed by atoms with van der Waals surface area (Å²) in [5, 5.41) is 4.15. The van der Waals surface area contributed by atoms with E-state index in [-0.39, 0.29) is 5.91 Å². The Kier molecular flexibility index (Phi) is 7.04. The molecule has 2 atom stereocenters. The van der Waals surface area contributed by atoms with E-state index >= 15 is 0 Å². The maximum atomic E-state index is 12.7. The molecular formula is C27H33N5OS. The van der Waals surface area contributed by atoms with E-state index < -0.39 is 0 Å². The number of benzene rings is 1. The number of hydrogen-bond donors (Lipinski definition) is 1. The van der Waals surface area contributed by atoms with Crippen LogP contribution in [-0.2, 0) is 11.3 Å². The highest BCUT2D eigenvalue weighted by Crippen LogP contribution is 2.34. The minimum Gasteiger partial charge on any atom is -0.352 e. The van der Waals surface area contributed by atoms with Crippen LogP contribution in [-0.4, -0.2) is 63.4 Å². The van der Waals surface area contributed by atoms with Crippen LogP contribution < -0.4 is 5.32 Å². The SMILES string of the molecule is CC1CN(Cc2ccccc2)C(C)CN1CCCCNC(=O)C1=Cc2cnc3cccc(n23)S1. The van der Waals surface area contributed by atoms with Gasteiger partial charge in [0.1, 0.15) is 5.65 Å². The zero-order chi connectivity index (χ0) is 23.5. The predicted molar refractivity (Wildman–Crippen MR) is 139 cm³/mol. The van der Waals surface area contributed by atoms with Crippen molar-refractivity contribution < 1.29 is 4.79 Å². The molecule has 4 heterocycles. The Morgan fingerprint density at radius 2 is 1.82 bits per heavy atom. The molecule has 5 rings (SSSR count). The maximum absolute atomic E-state index is 12.7. The molecule has 1 aromatic carbocycles. The van der Waals surface area contributed by atoms with Crippen molar-refractivity contribution in [3.63, 3.8) is 0 Å². The third-order valence-corrected chi connectivity index (χ3v) is 7.92. The molecule has 0 radical (unpaired) electrons. The highest BCUT2D eigenvalue weighted by Gasteiger charge is 2.28. The van der Waals surface area contributed by atoms with Gasteiger partial charge >= 0.3 is 0 Å². The molecule has 0 spiro atoms. The Morgan fingerprint density at radius 3 is 2.68 bits per heavy atom. The quantitative estimate of drug-likeness (QED) is 0.493. The molecule has 1 saturated heterocycles. The number of piperazine rings is 1. The van der Waals surface area contributed by atoms with E-state index in [1.165, 1.54) is 17.3 Å². The van der Waals surface area contributed by atoms with Crippen molar-refractivity contribution in [2.24, 2.45) is 0 Å². The number of nitrogens with zero attached hydrogens (tertiary/aromatic N) is 4. The van der Waals surface area contributed by atoms with Gasteiger partial charge in [0.15, 0.2) is 0 Å². The molecule has 1 N–H and O–H groups in total. The van der Waals surface area contributed by atoms with E-state index in [4.69, 9.17) is 0 Å². The Morgan fingerprint density at radius 1 is 1.03 bits per heavy atom. The van der Waals surface area contributed by atoms with Gasteiger partial charge in [-0.3, -0.25) is 19.0 Å². The number of carbonyl (C=O) groups excluding carboxylic acids is 1. The summed E-state index contributed by atoms with van der Waals surface area (Å²) in [6.45, 7) is 9.69. The van der Waals surface area contributed by atoms with Gasteiger partial charge < -0.3 is 5.32 Å². The van der Waals surface area contributed by atoms with Crippen LogP contribution >= 0.6 is 11.8 Å². The lowest BCUT2D eigenvalue weighted by Gasteiger charge is -2.44. The van der Waals surface area contributed by atoms with E-state index in [0.29, 0.717) is 18.6 Å². The molecule has 2 aliphatic heterocycles. The van der Waals surface area contributed by atoms with Gasteiger partial charge in [-0.1, -0.05) is 48.2 Å². The van der Waals surface area contributed by atoms with Crippen LogP contribution in [0.15, 0.2) is 64.7 Å². The summed E-state index contributed by atoms with van der Waals surface area (Å²) in [6, 6.07) is 17.9. The number of carbonyl (C=O) groups is 1. The topological polar surface area (TPSA) is 52.9 Å². The van der Waals surface area contributed by atoms with Gasteiger partial charge in [-0.2, -0.15) is 0 Å². The van der Waals surface area contributed by atoms with Crippen LogP contribution in [0.3, 0.4) is 0 Å². The minimum absolute atomic E-state index is 0.00553. The smallest absolute Gasteiger partial charge is 0.258 e. The van der Waals surface area contributed by atoms with Crippen molar-refractivity contribution in [3.05, 3.63) is 70.9 Å². The first-order chi connectivity index (χ1) is 16.6. The molecule has 3 aromatic rings. The molecule has 0 bridgehead atoms. The number of thioether (sulfide) groups is 1. The third-order valence-electron chi connectivity index (χ3n) is 6.87. The molecule has 178 valence electrons. The first kappa shape index (κ1) is 23.1. The summed E-state index contributed by atoms with van der Waals surface area (Å²) in [5.41, 5.74) is 3.27. The lowest BCUT2D eigenvalue weighted by atomic mass is 10.1. The van der Waals surface area contributed by atoms with Gasteiger partial charge in [0, 0.05) is 38.3 Å². The molecule has 7 heteroatoms. The number of unbranched alkanes of at least 4 members (excludes halogenated alkanes) is 1. The molecular weight excluding hydrogens is 442 g/mol. The van der Waals surface area contributed by atoms with Crippen LogP contribution in [0.4, 0.5) is 0 Å². The van der Waals surface area contributed by atoms with E-state index in [0.717, 1.165) is 60.3 Å². The average molecular weight is 476 g/mol. The standard InChI is InChI=1S/C27H33N5OS/c1-20-18-31(19-22-9-4-3-5-10-22)21(2)17-30(20)14-7-6-13-28-27(33)24-15-23-16-29-25-11-8-12-26(34-24)32(23)25/h3-5,8-12,15-16,20-21H,6-7,13-14,17-19H2,1-2H3,(H,28,33). The van der Waals surface area contributed by atoms with Gasteiger partial charge in [-0.05, 0) is 57.0 Å². The van der Waals surface area contributed by atoms with Crippen LogP contribution in [0, 0.1) is 0 Å². The van der Waals surface area contributed by atoms with E-state index in [9.17, 15) is 4.79 Å². The van der Waals surface area contributed by atoms with Crippen molar-refractivity contribution in [1.82, 2.24) is 24.5 Å². The van der Waals surface area contributed by atoms with Crippen LogP contribution in [0.2, 0.25) is 0 Å². The van der Waals surface area contributed by atoms with E-state index in [2.05, 4.69) is 68.7 Å². The Hall–Kier alpha value is -2.61.